The fraction of sp³-hybridized carbons (Fsp3) is 0.625. The van der Waals surface area contributed by atoms with Crippen LogP contribution in [-0.4, -0.2) is 43.9 Å². The maximum atomic E-state index is 10.5. The Labute approximate surface area is 121 Å². The standard InChI is InChI=1S/C16H25NO3/c1-17(12-6-4-5-7-12)11-15(18)14-9-8-13(19-2)10-16(14)20-3/h8-10,12,15,18H,4-7,11H2,1-3H3. The van der Waals surface area contributed by atoms with Gasteiger partial charge in [0.1, 0.15) is 11.5 Å². The second-order valence-electron chi connectivity index (χ2n) is 5.50. The molecular weight excluding hydrogens is 254 g/mol. The number of aliphatic hydroxyl groups is 1. The summed E-state index contributed by atoms with van der Waals surface area (Å²) in [6.45, 7) is 0.632. The van der Waals surface area contributed by atoms with Crippen molar-refractivity contribution in [3.8, 4) is 11.5 Å². The van der Waals surface area contributed by atoms with Crippen LogP contribution >= 0.6 is 0 Å². The molecule has 1 fully saturated rings. The van der Waals surface area contributed by atoms with E-state index in [9.17, 15) is 5.11 Å². The summed E-state index contributed by atoms with van der Waals surface area (Å²) >= 11 is 0. The molecule has 20 heavy (non-hydrogen) atoms. The van der Waals surface area contributed by atoms with Crippen LogP contribution in [0, 0.1) is 0 Å². The zero-order chi connectivity index (χ0) is 14.5. The quantitative estimate of drug-likeness (QED) is 0.869. The molecule has 1 aromatic rings. The first-order valence-corrected chi connectivity index (χ1v) is 7.26. The average molecular weight is 279 g/mol. The number of methoxy groups -OCH3 is 2. The highest BCUT2D eigenvalue weighted by Crippen LogP contribution is 2.31. The molecule has 1 N–H and O–H groups in total. The first kappa shape index (κ1) is 15.1. The second kappa shape index (κ2) is 6.95. The third-order valence-corrected chi connectivity index (χ3v) is 4.21. The summed E-state index contributed by atoms with van der Waals surface area (Å²) < 4.78 is 10.5. The lowest BCUT2D eigenvalue weighted by Gasteiger charge is -2.27. The number of nitrogens with zero attached hydrogens (tertiary/aromatic N) is 1. The van der Waals surface area contributed by atoms with Crippen molar-refractivity contribution in [1.82, 2.24) is 4.90 Å². The Kier molecular flexibility index (Phi) is 5.26. The van der Waals surface area contributed by atoms with Gasteiger partial charge in [0.05, 0.1) is 20.3 Å². The van der Waals surface area contributed by atoms with E-state index in [1.807, 2.05) is 18.2 Å². The van der Waals surface area contributed by atoms with Crippen LogP contribution in [-0.2, 0) is 0 Å². The van der Waals surface area contributed by atoms with Gasteiger partial charge in [-0.15, -0.1) is 0 Å². The maximum absolute atomic E-state index is 10.5. The molecule has 1 saturated carbocycles. The number of ether oxygens (including phenoxy) is 2. The number of likely N-dealkylation sites (N-methyl/N-ethyl adjacent to an activating group) is 1. The molecule has 0 aliphatic heterocycles. The van der Waals surface area contributed by atoms with E-state index in [0.29, 0.717) is 18.3 Å². The van der Waals surface area contributed by atoms with Crippen LogP contribution < -0.4 is 9.47 Å². The molecule has 4 heteroatoms. The molecule has 0 amide bonds. The van der Waals surface area contributed by atoms with Crippen molar-refractivity contribution in [3.63, 3.8) is 0 Å². The number of benzene rings is 1. The van der Waals surface area contributed by atoms with E-state index < -0.39 is 6.10 Å². The van der Waals surface area contributed by atoms with E-state index in [1.165, 1.54) is 25.7 Å². The number of rotatable bonds is 6. The van der Waals surface area contributed by atoms with E-state index in [2.05, 4.69) is 11.9 Å². The first-order valence-electron chi connectivity index (χ1n) is 7.26. The highest BCUT2D eigenvalue weighted by atomic mass is 16.5. The monoisotopic (exact) mass is 279 g/mol. The molecule has 0 spiro atoms. The molecule has 0 saturated heterocycles. The summed E-state index contributed by atoms with van der Waals surface area (Å²) in [7, 11) is 5.33. The Bertz CT molecular complexity index is 430. The smallest absolute Gasteiger partial charge is 0.128 e. The van der Waals surface area contributed by atoms with Crippen molar-refractivity contribution in [2.24, 2.45) is 0 Å². The van der Waals surface area contributed by atoms with Gasteiger partial charge >= 0.3 is 0 Å². The summed E-state index contributed by atoms with van der Waals surface area (Å²) in [5.41, 5.74) is 0.818. The molecule has 0 bridgehead atoms. The molecule has 0 radical (unpaired) electrons. The van der Waals surface area contributed by atoms with Crippen LogP contribution in [0.4, 0.5) is 0 Å². The van der Waals surface area contributed by atoms with Crippen molar-refractivity contribution in [2.45, 2.75) is 37.8 Å². The van der Waals surface area contributed by atoms with Crippen molar-refractivity contribution >= 4 is 0 Å². The molecular formula is C16H25NO3. The molecule has 2 rings (SSSR count). The van der Waals surface area contributed by atoms with E-state index in [-0.39, 0.29) is 0 Å². The largest absolute Gasteiger partial charge is 0.497 e. The highest BCUT2D eigenvalue weighted by Gasteiger charge is 2.23. The minimum atomic E-state index is -0.540. The Morgan fingerprint density at radius 2 is 1.95 bits per heavy atom. The van der Waals surface area contributed by atoms with Crippen molar-refractivity contribution in [3.05, 3.63) is 23.8 Å². The van der Waals surface area contributed by atoms with Crippen molar-refractivity contribution in [1.29, 1.82) is 0 Å². The fourth-order valence-corrected chi connectivity index (χ4v) is 2.96. The zero-order valence-electron chi connectivity index (χ0n) is 12.6. The van der Waals surface area contributed by atoms with Gasteiger partial charge in [-0.1, -0.05) is 12.8 Å². The van der Waals surface area contributed by atoms with Crippen LogP contribution in [0.1, 0.15) is 37.4 Å². The Hall–Kier alpha value is -1.26. The Morgan fingerprint density at radius 1 is 1.25 bits per heavy atom. The molecule has 1 atom stereocenters. The van der Waals surface area contributed by atoms with Gasteiger partial charge in [0, 0.05) is 24.2 Å². The Morgan fingerprint density at radius 3 is 2.55 bits per heavy atom. The SMILES string of the molecule is COc1ccc(C(O)CN(C)C2CCCC2)c(OC)c1. The van der Waals surface area contributed by atoms with E-state index in [1.54, 1.807) is 14.2 Å². The lowest BCUT2D eigenvalue weighted by molar-refractivity contribution is 0.103. The molecule has 1 aliphatic carbocycles. The lowest BCUT2D eigenvalue weighted by atomic mass is 10.1. The summed E-state index contributed by atoms with van der Waals surface area (Å²) in [6, 6.07) is 6.16. The molecule has 1 aliphatic rings. The highest BCUT2D eigenvalue weighted by molar-refractivity contribution is 5.42. The van der Waals surface area contributed by atoms with Gasteiger partial charge in [-0.3, -0.25) is 0 Å². The van der Waals surface area contributed by atoms with Gasteiger partial charge in [0.25, 0.3) is 0 Å². The summed E-state index contributed by atoms with van der Waals surface area (Å²) in [5, 5.41) is 10.5. The second-order valence-corrected chi connectivity index (χ2v) is 5.50. The predicted molar refractivity (Wildman–Crippen MR) is 79.4 cm³/mol. The molecule has 0 aromatic heterocycles. The summed E-state index contributed by atoms with van der Waals surface area (Å²) in [4.78, 5) is 2.27. The molecule has 1 aromatic carbocycles. The molecule has 0 heterocycles. The Balaban J connectivity index is 2.05. The van der Waals surface area contributed by atoms with E-state index >= 15 is 0 Å². The predicted octanol–water partition coefficient (Wildman–Crippen LogP) is 2.61. The van der Waals surface area contributed by atoms with Crippen LogP contribution in [0.5, 0.6) is 11.5 Å². The topological polar surface area (TPSA) is 41.9 Å². The van der Waals surface area contributed by atoms with Gasteiger partial charge in [-0.25, -0.2) is 0 Å². The fourth-order valence-electron chi connectivity index (χ4n) is 2.96. The van der Waals surface area contributed by atoms with Crippen LogP contribution in [0.15, 0.2) is 18.2 Å². The normalized spacial score (nSPS) is 17.4. The maximum Gasteiger partial charge on any atom is 0.128 e. The van der Waals surface area contributed by atoms with Crippen molar-refractivity contribution < 1.29 is 14.6 Å². The lowest BCUT2D eigenvalue weighted by Crippen LogP contribution is -2.33. The zero-order valence-corrected chi connectivity index (χ0v) is 12.6. The van der Waals surface area contributed by atoms with E-state index in [4.69, 9.17) is 9.47 Å². The van der Waals surface area contributed by atoms with Gasteiger partial charge in [-0.2, -0.15) is 0 Å². The van der Waals surface area contributed by atoms with E-state index in [0.717, 1.165) is 11.3 Å². The number of hydrogen-bond acceptors (Lipinski definition) is 4. The summed E-state index contributed by atoms with van der Waals surface area (Å²) in [6.07, 6.45) is 4.54. The first-order chi connectivity index (χ1) is 9.65. The summed E-state index contributed by atoms with van der Waals surface area (Å²) in [5.74, 6) is 1.42. The minimum absolute atomic E-state index is 0.540. The van der Waals surface area contributed by atoms with Crippen molar-refractivity contribution in [2.75, 3.05) is 27.8 Å². The average Bonchev–Trinajstić information content (AvgIpc) is 3.00. The third-order valence-electron chi connectivity index (χ3n) is 4.21. The minimum Gasteiger partial charge on any atom is -0.497 e. The number of hydrogen-bond donors (Lipinski definition) is 1. The van der Waals surface area contributed by atoms with Gasteiger partial charge < -0.3 is 19.5 Å². The van der Waals surface area contributed by atoms with Crippen LogP contribution in [0.2, 0.25) is 0 Å². The molecule has 112 valence electrons. The van der Waals surface area contributed by atoms with Crippen LogP contribution in [0.3, 0.4) is 0 Å². The number of aliphatic hydroxyl groups excluding tert-OH is 1. The van der Waals surface area contributed by atoms with Gasteiger partial charge in [0.2, 0.25) is 0 Å². The molecule has 4 nitrogen and oxygen atoms in total. The van der Waals surface area contributed by atoms with Gasteiger partial charge in [0.15, 0.2) is 0 Å². The third kappa shape index (κ3) is 3.44. The molecule has 1 unspecified atom stereocenters. The van der Waals surface area contributed by atoms with Gasteiger partial charge in [-0.05, 0) is 32.0 Å². The van der Waals surface area contributed by atoms with Crippen LogP contribution in [0.25, 0.3) is 0 Å².